The van der Waals surface area contributed by atoms with Gasteiger partial charge < -0.3 is 4.74 Å². The van der Waals surface area contributed by atoms with Crippen LogP contribution in [0.2, 0.25) is 0 Å². The molecule has 0 unspecified atom stereocenters. The standard InChI is InChI=1S/C12H24N2O/c1-12(2)5-3-11(4-6-12)13-14-7-9-15-10-8-14/h11,13H,3-10H2,1-2H3. The third-order valence-electron chi connectivity index (χ3n) is 3.72. The van der Waals surface area contributed by atoms with Crippen LogP contribution in [0.5, 0.6) is 0 Å². The van der Waals surface area contributed by atoms with Gasteiger partial charge in [0.05, 0.1) is 13.2 Å². The average Bonchev–Trinajstić information content (AvgIpc) is 2.23. The number of morpholine rings is 1. The van der Waals surface area contributed by atoms with Crippen molar-refractivity contribution in [2.45, 2.75) is 45.6 Å². The number of hydrogen-bond acceptors (Lipinski definition) is 3. The molecule has 0 aromatic rings. The number of hydrazine groups is 1. The summed E-state index contributed by atoms with van der Waals surface area (Å²) in [6, 6.07) is 0.705. The van der Waals surface area contributed by atoms with Crippen molar-refractivity contribution in [2.24, 2.45) is 5.41 Å². The van der Waals surface area contributed by atoms with Crippen LogP contribution in [0.3, 0.4) is 0 Å². The highest BCUT2D eigenvalue weighted by Gasteiger charge is 2.27. The van der Waals surface area contributed by atoms with E-state index in [2.05, 4.69) is 24.3 Å². The molecule has 3 nitrogen and oxygen atoms in total. The first-order chi connectivity index (χ1) is 7.16. The Morgan fingerprint density at radius 3 is 2.33 bits per heavy atom. The molecule has 1 saturated carbocycles. The SMILES string of the molecule is CC1(C)CCC(NN2CCOCC2)CC1. The highest BCUT2D eigenvalue weighted by molar-refractivity contribution is 4.81. The maximum absolute atomic E-state index is 5.34. The monoisotopic (exact) mass is 212 g/mol. The summed E-state index contributed by atoms with van der Waals surface area (Å²) in [5, 5.41) is 2.34. The van der Waals surface area contributed by atoms with Gasteiger partial charge in [0.1, 0.15) is 0 Å². The normalized spacial score (nSPS) is 29.2. The second kappa shape index (κ2) is 4.81. The van der Waals surface area contributed by atoms with Crippen molar-refractivity contribution in [3.63, 3.8) is 0 Å². The van der Waals surface area contributed by atoms with E-state index in [4.69, 9.17) is 4.74 Å². The van der Waals surface area contributed by atoms with Crippen LogP contribution in [0.1, 0.15) is 39.5 Å². The van der Waals surface area contributed by atoms with Crippen LogP contribution in [0.15, 0.2) is 0 Å². The van der Waals surface area contributed by atoms with E-state index >= 15 is 0 Å². The number of ether oxygens (including phenoxy) is 1. The molecule has 0 bridgehead atoms. The summed E-state index contributed by atoms with van der Waals surface area (Å²) in [5.41, 5.74) is 4.22. The van der Waals surface area contributed by atoms with Gasteiger partial charge in [0.2, 0.25) is 0 Å². The maximum Gasteiger partial charge on any atom is 0.0608 e. The van der Waals surface area contributed by atoms with E-state index in [-0.39, 0.29) is 0 Å². The zero-order valence-corrected chi connectivity index (χ0v) is 10.1. The Kier molecular flexibility index (Phi) is 3.65. The molecular formula is C12H24N2O. The first-order valence-electron chi connectivity index (χ1n) is 6.25. The molecule has 2 rings (SSSR count). The lowest BCUT2D eigenvalue weighted by atomic mass is 9.76. The van der Waals surface area contributed by atoms with Crippen LogP contribution in [-0.2, 0) is 4.74 Å². The van der Waals surface area contributed by atoms with Crippen LogP contribution in [0, 0.1) is 5.41 Å². The lowest BCUT2D eigenvalue weighted by molar-refractivity contribution is -0.00336. The van der Waals surface area contributed by atoms with E-state index in [0.717, 1.165) is 26.3 Å². The van der Waals surface area contributed by atoms with Gasteiger partial charge in [0, 0.05) is 19.1 Å². The van der Waals surface area contributed by atoms with Gasteiger partial charge in [-0.1, -0.05) is 13.8 Å². The molecular weight excluding hydrogens is 188 g/mol. The van der Waals surface area contributed by atoms with E-state index in [1.807, 2.05) is 0 Å². The van der Waals surface area contributed by atoms with Crippen LogP contribution in [0.4, 0.5) is 0 Å². The second-order valence-corrected chi connectivity index (χ2v) is 5.67. The largest absolute Gasteiger partial charge is 0.379 e. The van der Waals surface area contributed by atoms with Gasteiger partial charge >= 0.3 is 0 Å². The fraction of sp³-hybridized carbons (Fsp3) is 1.00. The van der Waals surface area contributed by atoms with Gasteiger partial charge in [0.15, 0.2) is 0 Å². The van der Waals surface area contributed by atoms with Crippen molar-refractivity contribution >= 4 is 0 Å². The number of rotatable bonds is 2. The molecule has 2 fully saturated rings. The van der Waals surface area contributed by atoms with Crippen molar-refractivity contribution in [1.29, 1.82) is 0 Å². The minimum absolute atomic E-state index is 0.573. The lowest BCUT2D eigenvalue weighted by Gasteiger charge is -2.38. The highest BCUT2D eigenvalue weighted by atomic mass is 16.5. The number of nitrogens with one attached hydrogen (secondary N) is 1. The Hall–Kier alpha value is -0.120. The Morgan fingerprint density at radius 1 is 1.13 bits per heavy atom. The zero-order valence-electron chi connectivity index (χ0n) is 10.1. The van der Waals surface area contributed by atoms with Crippen molar-refractivity contribution in [3.8, 4) is 0 Å². The van der Waals surface area contributed by atoms with Crippen LogP contribution in [0.25, 0.3) is 0 Å². The van der Waals surface area contributed by atoms with Crippen molar-refractivity contribution in [3.05, 3.63) is 0 Å². The molecule has 1 N–H and O–H groups in total. The van der Waals surface area contributed by atoms with E-state index in [9.17, 15) is 0 Å². The van der Waals surface area contributed by atoms with Gasteiger partial charge in [0.25, 0.3) is 0 Å². The Balaban J connectivity index is 1.71. The molecule has 88 valence electrons. The summed E-state index contributed by atoms with van der Waals surface area (Å²) in [5.74, 6) is 0. The lowest BCUT2D eigenvalue weighted by Crippen LogP contribution is -2.51. The average molecular weight is 212 g/mol. The summed E-state index contributed by atoms with van der Waals surface area (Å²) in [6.45, 7) is 8.62. The fourth-order valence-corrected chi connectivity index (χ4v) is 2.48. The third kappa shape index (κ3) is 3.44. The van der Waals surface area contributed by atoms with Gasteiger partial charge in [-0.3, -0.25) is 5.43 Å². The quantitative estimate of drug-likeness (QED) is 0.755. The van der Waals surface area contributed by atoms with Gasteiger partial charge in [-0.25, -0.2) is 5.01 Å². The molecule has 0 spiro atoms. The fourth-order valence-electron chi connectivity index (χ4n) is 2.48. The van der Waals surface area contributed by atoms with E-state index in [1.54, 1.807) is 0 Å². The summed E-state index contributed by atoms with van der Waals surface area (Å²) in [7, 11) is 0. The van der Waals surface area contributed by atoms with Crippen molar-refractivity contribution < 1.29 is 4.74 Å². The van der Waals surface area contributed by atoms with Crippen molar-refractivity contribution in [1.82, 2.24) is 10.4 Å². The topological polar surface area (TPSA) is 24.5 Å². The molecule has 1 aliphatic heterocycles. The van der Waals surface area contributed by atoms with Gasteiger partial charge in [-0.15, -0.1) is 0 Å². The maximum atomic E-state index is 5.34. The summed E-state index contributed by atoms with van der Waals surface area (Å²) in [6.07, 6.45) is 5.36. The summed E-state index contributed by atoms with van der Waals surface area (Å²) < 4.78 is 5.34. The minimum atomic E-state index is 0.573. The van der Waals surface area contributed by atoms with E-state index < -0.39 is 0 Å². The highest BCUT2D eigenvalue weighted by Crippen LogP contribution is 2.35. The predicted octanol–water partition coefficient (Wildman–Crippen LogP) is 1.79. The Bertz CT molecular complexity index is 190. The molecule has 0 atom stereocenters. The minimum Gasteiger partial charge on any atom is -0.379 e. The molecule has 0 amide bonds. The summed E-state index contributed by atoms with van der Waals surface area (Å²) in [4.78, 5) is 0. The number of hydrogen-bond donors (Lipinski definition) is 1. The predicted molar refractivity (Wildman–Crippen MR) is 61.6 cm³/mol. The molecule has 0 aromatic heterocycles. The first-order valence-corrected chi connectivity index (χ1v) is 6.25. The molecule has 1 saturated heterocycles. The van der Waals surface area contributed by atoms with Crippen LogP contribution in [-0.4, -0.2) is 37.4 Å². The number of nitrogens with zero attached hydrogens (tertiary/aromatic N) is 1. The van der Waals surface area contributed by atoms with Crippen molar-refractivity contribution in [2.75, 3.05) is 26.3 Å². The first kappa shape index (κ1) is 11.4. The smallest absolute Gasteiger partial charge is 0.0608 e. The van der Waals surface area contributed by atoms with E-state index in [0.29, 0.717) is 11.5 Å². The molecule has 2 aliphatic rings. The zero-order chi connectivity index (χ0) is 10.7. The molecule has 0 radical (unpaired) electrons. The Labute approximate surface area is 93.1 Å². The molecule has 15 heavy (non-hydrogen) atoms. The van der Waals surface area contributed by atoms with Crippen LogP contribution >= 0.6 is 0 Å². The van der Waals surface area contributed by atoms with Gasteiger partial charge in [-0.2, -0.15) is 0 Å². The molecule has 3 heteroatoms. The second-order valence-electron chi connectivity index (χ2n) is 5.67. The summed E-state index contributed by atoms with van der Waals surface area (Å²) >= 11 is 0. The molecule has 0 aromatic carbocycles. The van der Waals surface area contributed by atoms with Gasteiger partial charge in [-0.05, 0) is 31.1 Å². The third-order valence-corrected chi connectivity index (χ3v) is 3.72. The molecule has 1 heterocycles. The van der Waals surface area contributed by atoms with Crippen LogP contribution < -0.4 is 5.43 Å². The van der Waals surface area contributed by atoms with E-state index in [1.165, 1.54) is 25.7 Å². The Morgan fingerprint density at radius 2 is 1.73 bits per heavy atom. The molecule has 1 aliphatic carbocycles.